The molecule has 0 spiro atoms. The molecule has 1 fully saturated rings. The van der Waals surface area contributed by atoms with E-state index in [0.29, 0.717) is 28.7 Å². The minimum atomic E-state index is -1.26. The zero-order chi connectivity index (χ0) is 9.47. The maximum atomic E-state index is 13.8. The Bertz CT molecular complexity index is 336. The lowest BCUT2D eigenvalue weighted by atomic mass is 9.90. The standard InChI is InChI=1S/C9H8Cl2FN/c10-7-2-1-6(3-8(7)11)9(12)4-13-5-9/h1-3,13H,4-5H2. The van der Waals surface area contributed by atoms with Gasteiger partial charge in [-0.1, -0.05) is 29.3 Å². The topological polar surface area (TPSA) is 12.0 Å². The van der Waals surface area contributed by atoms with Gasteiger partial charge in [0.1, 0.15) is 0 Å². The molecular weight excluding hydrogens is 212 g/mol. The normalized spacial score (nSPS) is 19.6. The molecule has 0 saturated carbocycles. The van der Waals surface area contributed by atoms with E-state index in [1.807, 2.05) is 0 Å². The van der Waals surface area contributed by atoms with Crippen molar-refractivity contribution in [1.82, 2.24) is 5.32 Å². The second-order valence-corrected chi connectivity index (χ2v) is 4.01. The fourth-order valence-electron chi connectivity index (χ4n) is 1.32. The van der Waals surface area contributed by atoms with Crippen molar-refractivity contribution in [3.63, 3.8) is 0 Å². The highest BCUT2D eigenvalue weighted by Gasteiger charge is 2.38. The number of nitrogens with one attached hydrogen (secondary N) is 1. The molecule has 1 aliphatic rings. The van der Waals surface area contributed by atoms with Crippen molar-refractivity contribution in [1.29, 1.82) is 0 Å². The fraction of sp³-hybridized carbons (Fsp3) is 0.333. The highest BCUT2D eigenvalue weighted by atomic mass is 35.5. The van der Waals surface area contributed by atoms with Crippen LogP contribution < -0.4 is 5.32 Å². The first-order chi connectivity index (χ1) is 6.12. The smallest absolute Gasteiger partial charge is 0.160 e. The van der Waals surface area contributed by atoms with Gasteiger partial charge in [0.2, 0.25) is 0 Å². The second kappa shape index (κ2) is 3.12. The van der Waals surface area contributed by atoms with Crippen molar-refractivity contribution in [3.05, 3.63) is 33.8 Å². The summed E-state index contributed by atoms with van der Waals surface area (Å²) in [4.78, 5) is 0. The summed E-state index contributed by atoms with van der Waals surface area (Å²) in [6, 6.07) is 4.89. The lowest BCUT2D eigenvalue weighted by Crippen LogP contribution is -2.53. The van der Waals surface area contributed by atoms with Crippen LogP contribution in [0.3, 0.4) is 0 Å². The average Bonchev–Trinajstić information content (AvgIpc) is 2.06. The first-order valence-corrected chi connectivity index (χ1v) is 4.73. The third-order valence-electron chi connectivity index (χ3n) is 2.25. The summed E-state index contributed by atoms with van der Waals surface area (Å²) >= 11 is 11.5. The molecule has 0 unspecified atom stereocenters. The maximum absolute atomic E-state index is 13.8. The van der Waals surface area contributed by atoms with Gasteiger partial charge in [0.05, 0.1) is 10.0 Å². The number of rotatable bonds is 1. The lowest BCUT2D eigenvalue weighted by molar-refractivity contribution is 0.0892. The number of benzene rings is 1. The van der Waals surface area contributed by atoms with Crippen LogP contribution in [0.5, 0.6) is 0 Å². The Kier molecular flexibility index (Phi) is 2.22. The molecule has 0 bridgehead atoms. The van der Waals surface area contributed by atoms with Crippen LogP contribution in [0.1, 0.15) is 5.56 Å². The van der Waals surface area contributed by atoms with Gasteiger partial charge in [0.25, 0.3) is 0 Å². The molecule has 0 atom stereocenters. The summed E-state index contributed by atoms with van der Waals surface area (Å²) < 4.78 is 13.8. The molecule has 2 rings (SSSR count). The average molecular weight is 220 g/mol. The molecule has 4 heteroatoms. The van der Waals surface area contributed by atoms with Gasteiger partial charge < -0.3 is 5.32 Å². The Morgan fingerprint density at radius 3 is 2.38 bits per heavy atom. The molecule has 1 aromatic rings. The summed E-state index contributed by atoms with van der Waals surface area (Å²) in [6.07, 6.45) is 0. The van der Waals surface area contributed by atoms with Gasteiger partial charge in [-0.25, -0.2) is 4.39 Å². The molecule has 1 heterocycles. The third-order valence-corrected chi connectivity index (χ3v) is 2.99. The predicted molar refractivity (Wildman–Crippen MR) is 52.1 cm³/mol. The van der Waals surface area contributed by atoms with E-state index < -0.39 is 5.67 Å². The van der Waals surface area contributed by atoms with E-state index in [-0.39, 0.29) is 0 Å². The molecule has 1 aliphatic heterocycles. The van der Waals surface area contributed by atoms with E-state index in [1.54, 1.807) is 18.2 Å². The van der Waals surface area contributed by atoms with Gasteiger partial charge in [0, 0.05) is 13.1 Å². The van der Waals surface area contributed by atoms with Crippen molar-refractivity contribution in [3.8, 4) is 0 Å². The summed E-state index contributed by atoms with van der Waals surface area (Å²) in [5.41, 5.74) is -0.658. The SMILES string of the molecule is FC1(c2ccc(Cl)c(Cl)c2)CNC1. The molecule has 0 aromatic heterocycles. The number of hydrogen-bond acceptors (Lipinski definition) is 1. The number of halogens is 3. The Labute approximate surface area is 85.8 Å². The van der Waals surface area contributed by atoms with Crippen LogP contribution in [0.4, 0.5) is 4.39 Å². The largest absolute Gasteiger partial charge is 0.310 e. The molecule has 0 radical (unpaired) electrons. The third kappa shape index (κ3) is 1.54. The number of hydrogen-bond donors (Lipinski definition) is 1. The Morgan fingerprint density at radius 2 is 1.92 bits per heavy atom. The zero-order valence-corrected chi connectivity index (χ0v) is 8.29. The van der Waals surface area contributed by atoms with Crippen LogP contribution >= 0.6 is 23.2 Å². The molecule has 0 amide bonds. The minimum absolute atomic E-state index is 0.352. The van der Waals surface area contributed by atoms with Crippen LogP contribution in [0.2, 0.25) is 10.0 Å². The highest BCUT2D eigenvalue weighted by molar-refractivity contribution is 6.42. The molecule has 13 heavy (non-hydrogen) atoms. The van der Waals surface area contributed by atoms with Crippen LogP contribution in [0, 0.1) is 0 Å². The monoisotopic (exact) mass is 219 g/mol. The van der Waals surface area contributed by atoms with E-state index in [9.17, 15) is 4.39 Å². The van der Waals surface area contributed by atoms with Crippen LogP contribution in [-0.2, 0) is 5.67 Å². The summed E-state index contributed by atoms with van der Waals surface area (Å²) in [5.74, 6) is 0. The molecule has 1 aromatic carbocycles. The first-order valence-electron chi connectivity index (χ1n) is 3.97. The second-order valence-electron chi connectivity index (χ2n) is 3.20. The van der Waals surface area contributed by atoms with Gasteiger partial charge >= 0.3 is 0 Å². The first kappa shape index (κ1) is 9.25. The van der Waals surface area contributed by atoms with Crippen LogP contribution in [0.25, 0.3) is 0 Å². The minimum Gasteiger partial charge on any atom is -0.310 e. The molecule has 1 saturated heterocycles. The van der Waals surface area contributed by atoms with E-state index >= 15 is 0 Å². The van der Waals surface area contributed by atoms with E-state index in [2.05, 4.69) is 5.32 Å². The van der Waals surface area contributed by atoms with Crippen molar-refractivity contribution < 1.29 is 4.39 Å². The van der Waals surface area contributed by atoms with Gasteiger partial charge in [-0.3, -0.25) is 0 Å². The lowest BCUT2D eigenvalue weighted by Gasteiger charge is -2.35. The molecule has 1 N–H and O–H groups in total. The Balaban J connectivity index is 2.36. The summed E-state index contributed by atoms with van der Waals surface area (Å²) in [7, 11) is 0. The van der Waals surface area contributed by atoms with E-state index in [4.69, 9.17) is 23.2 Å². The van der Waals surface area contributed by atoms with Crippen molar-refractivity contribution >= 4 is 23.2 Å². The maximum Gasteiger partial charge on any atom is 0.160 e. The number of alkyl halides is 1. The highest BCUT2D eigenvalue weighted by Crippen LogP contribution is 2.33. The zero-order valence-electron chi connectivity index (χ0n) is 6.78. The van der Waals surface area contributed by atoms with Gasteiger partial charge in [0.15, 0.2) is 5.67 Å². The summed E-state index contributed by atoms with van der Waals surface area (Å²) in [6.45, 7) is 0.704. The van der Waals surface area contributed by atoms with E-state index in [1.165, 1.54) is 0 Å². The summed E-state index contributed by atoms with van der Waals surface area (Å²) in [5, 5.41) is 3.75. The van der Waals surface area contributed by atoms with Gasteiger partial charge in [-0.2, -0.15) is 0 Å². The molecule has 0 aliphatic carbocycles. The Morgan fingerprint density at radius 1 is 1.23 bits per heavy atom. The van der Waals surface area contributed by atoms with Gasteiger partial charge in [-0.15, -0.1) is 0 Å². The van der Waals surface area contributed by atoms with Crippen LogP contribution in [0.15, 0.2) is 18.2 Å². The molecule has 1 nitrogen and oxygen atoms in total. The molecule has 70 valence electrons. The van der Waals surface area contributed by atoms with E-state index in [0.717, 1.165) is 0 Å². The van der Waals surface area contributed by atoms with Crippen molar-refractivity contribution in [2.75, 3.05) is 13.1 Å². The Hall–Kier alpha value is -0.310. The van der Waals surface area contributed by atoms with Crippen molar-refractivity contribution in [2.45, 2.75) is 5.67 Å². The van der Waals surface area contributed by atoms with Crippen molar-refractivity contribution in [2.24, 2.45) is 0 Å². The predicted octanol–water partition coefficient (Wildman–Crippen LogP) is 2.76. The van der Waals surface area contributed by atoms with Gasteiger partial charge in [-0.05, 0) is 17.7 Å². The fourth-order valence-corrected chi connectivity index (χ4v) is 1.62. The van der Waals surface area contributed by atoms with Crippen LogP contribution in [-0.4, -0.2) is 13.1 Å². The molecular formula is C9H8Cl2FN. The quantitative estimate of drug-likeness (QED) is 0.767.